The highest BCUT2D eigenvalue weighted by Gasteiger charge is 2.27. The fourth-order valence-electron chi connectivity index (χ4n) is 1.97. The van der Waals surface area contributed by atoms with Gasteiger partial charge in [-0.15, -0.1) is 11.8 Å². The molecule has 0 aromatic rings. The van der Waals surface area contributed by atoms with Gasteiger partial charge in [-0.2, -0.15) is 0 Å². The molecule has 3 atom stereocenters. The average molecular weight is 218 g/mol. The maximum atomic E-state index is 11.5. The lowest BCUT2D eigenvalue weighted by atomic mass is 9.86. The van der Waals surface area contributed by atoms with Crippen molar-refractivity contribution in [3.05, 3.63) is 12.2 Å². The molecule has 1 aliphatic carbocycles. The van der Waals surface area contributed by atoms with Crippen molar-refractivity contribution in [2.75, 3.05) is 12.5 Å². The molecule has 0 aromatic carbocycles. The Morgan fingerprint density at radius 1 is 1.62 bits per heavy atom. The van der Waals surface area contributed by atoms with Gasteiger partial charge in [-0.1, -0.05) is 18.6 Å². The van der Waals surface area contributed by atoms with E-state index in [1.165, 1.54) is 24.8 Å². The van der Waals surface area contributed by atoms with Crippen LogP contribution in [0, 0.1) is 5.92 Å². The van der Waals surface area contributed by atoms with E-state index in [0.717, 1.165) is 6.42 Å². The van der Waals surface area contributed by atoms with Gasteiger partial charge in [-0.3, -0.25) is 4.21 Å². The van der Waals surface area contributed by atoms with Crippen molar-refractivity contribution in [1.29, 1.82) is 0 Å². The molecule has 1 fully saturated rings. The molecule has 0 amide bonds. The first-order chi connectivity index (χ1) is 6.16. The van der Waals surface area contributed by atoms with Crippen molar-refractivity contribution >= 4 is 22.6 Å². The lowest BCUT2D eigenvalue weighted by Gasteiger charge is -2.29. The van der Waals surface area contributed by atoms with E-state index in [-0.39, 0.29) is 4.58 Å². The van der Waals surface area contributed by atoms with Crippen LogP contribution < -0.4 is 0 Å². The molecule has 0 heterocycles. The molecule has 0 aliphatic heterocycles. The van der Waals surface area contributed by atoms with E-state index in [9.17, 15) is 4.21 Å². The first-order valence-corrected chi connectivity index (χ1v) is 7.60. The maximum Gasteiger partial charge on any atom is 0.0860 e. The largest absolute Gasteiger partial charge is 0.259 e. The molecule has 3 heteroatoms. The SMILES string of the molecule is C=C1CCCCC1C(SC)S(C)=O. The van der Waals surface area contributed by atoms with Gasteiger partial charge >= 0.3 is 0 Å². The van der Waals surface area contributed by atoms with Gasteiger partial charge in [0, 0.05) is 23.0 Å². The van der Waals surface area contributed by atoms with Crippen LogP contribution in [0.15, 0.2) is 12.2 Å². The molecular formula is C10H18OS2. The zero-order valence-corrected chi connectivity index (χ0v) is 10.0. The summed E-state index contributed by atoms with van der Waals surface area (Å²) in [6, 6.07) is 0. The van der Waals surface area contributed by atoms with E-state index in [4.69, 9.17) is 0 Å². The van der Waals surface area contributed by atoms with E-state index in [1.54, 1.807) is 11.8 Å². The minimum atomic E-state index is -0.719. The van der Waals surface area contributed by atoms with Gasteiger partial charge in [0.1, 0.15) is 0 Å². The summed E-state index contributed by atoms with van der Waals surface area (Å²) in [5.41, 5.74) is 1.32. The van der Waals surface area contributed by atoms with E-state index in [1.807, 2.05) is 12.5 Å². The lowest BCUT2D eigenvalue weighted by molar-refractivity contribution is 0.477. The van der Waals surface area contributed by atoms with Crippen molar-refractivity contribution in [2.45, 2.75) is 30.3 Å². The zero-order valence-electron chi connectivity index (χ0n) is 8.41. The number of hydrogen-bond acceptors (Lipinski definition) is 2. The summed E-state index contributed by atoms with van der Waals surface area (Å²) in [6.45, 7) is 4.10. The predicted octanol–water partition coefficient (Wildman–Crippen LogP) is 2.80. The van der Waals surface area contributed by atoms with Crippen LogP contribution in [0.4, 0.5) is 0 Å². The summed E-state index contributed by atoms with van der Waals surface area (Å²) in [6.07, 6.45) is 8.73. The zero-order chi connectivity index (χ0) is 9.84. The third-order valence-electron chi connectivity index (χ3n) is 2.68. The van der Waals surface area contributed by atoms with E-state index in [0.29, 0.717) is 5.92 Å². The number of thioether (sulfide) groups is 1. The highest BCUT2D eigenvalue weighted by Crippen LogP contribution is 2.36. The number of hydrogen-bond donors (Lipinski definition) is 0. The molecule has 0 radical (unpaired) electrons. The third-order valence-corrected chi connectivity index (χ3v) is 5.84. The van der Waals surface area contributed by atoms with Crippen molar-refractivity contribution in [2.24, 2.45) is 5.92 Å². The van der Waals surface area contributed by atoms with Crippen LogP contribution in [0.25, 0.3) is 0 Å². The fourth-order valence-corrected chi connectivity index (χ4v) is 4.50. The standard InChI is InChI=1S/C10H18OS2/c1-8-6-4-5-7-9(8)10(12-2)13(3)11/h9-10H,1,4-7H2,2-3H3. The first kappa shape index (κ1) is 11.3. The second-order valence-electron chi connectivity index (χ2n) is 3.61. The lowest BCUT2D eigenvalue weighted by Crippen LogP contribution is -2.25. The molecule has 0 saturated heterocycles. The topological polar surface area (TPSA) is 17.1 Å². The van der Waals surface area contributed by atoms with Gasteiger partial charge < -0.3 is 0 Å². The van der Waals surface area contributed by atoms with Gasteiger partial charge in [0.05, 0.1) is 4.58 Å². The highest BCUT2D eigenvalue weighted by molar-refractivity contribution is 8.10. The van der Waals surface area contributed by atoms with Crippen LogP contribution in [-0.4, -0.2) is 21.3 Å². The predicted molar refractivity (Wildman–Crippen MR) is 62.5 cm³/mol. The van der Waals surface area contributed by atoms with Crippen LogP contribution in [0.2, 0.25) is 0 Å². The Morgan fingerprint density at radius 3 is 2.77 bits per heavy atom. The Hall–Kier alpha value is 0.240. The van der Waals surface area contributed by atoms with Crippen LogP contribution >= 0.6 is 11.8 Å². The molecule has 1 rings (SSSR count). The Balaban J connectivity index is 2.65. The third kappa shape index (κ3) is 2.84. The Bertz CT molecular complexity index is 213. The van der Waals surface area contributed by atoms with E-state index >= 15 is 0 Å². The Labute approximate surface area is 87.8 Å². The molecule has 0 spiro atoms. The summed E-state index contributed by atoms with van der Waals surface area (Å²) in [4.78, 5) is 0. The first-order valence-electron chi connectivity index (χ1n) is 4.69. The van der Waals surface area contributed by atoms with Crippen LogP contribution in [0.1, 0.15) is 25.7 Å². The van der Waals surface area contributed by atoms with Gasteiger partial charge in [-0.05, 0) is 25.5 Å². The number of allylic oxidation sites excluding steroid dienone is 1. The van der Waals surface area contributed by atoms with Gasteiger partial charge in [0.15, 0.2) is 0 Å². The van der Waals surface area contributed by atoms with E-state index < -0.39 is 10.8 Å². The number of rotatable bonds is 3. The monoisotopic (exact) mass is 218 g/mol. The minimum absolute atomic E-state index is 0.271. The molecule has 13 heavy (non-hydrogen) atoms. The maximum absolute atomic E-state index is 11.5. The van der Waals surface area contributed by atoms with Crippen LogP contribution in [0.3, 0.4) is 0 Å². The molecule has 0 N–H and O–H groups in total. The highest BCUT2D eigenvalue weighted by atomic mass is 32.2. The minimum Gasteiger partial charge on any atom is -0.259 e. The Kier molecular flexibility index (Phi) is 4.53. The molecule has 1 nitrogen and oxygen atoms in total. The summed E-state index contributed by atoms with van der Waals surface area (Å²) >= 11 is 1.73. The Morgan fingerprint density at radius 2 is 2.31 bits per heavy atom. The normalized spacial score (nSPS) is 28.5. The summed E-state index contributed by atoms with van der Waals surface area (Å²) in [5.74, 6) is 0.495. The van der Waals surface area contributed by atoms with Gasteiger partial charge in [-0.25, -0.2) is 0 Å². The fraction of sp³-hybridized carbons (Fsp3) is 0.800. The van der Waals surface area contributed by atoms with Crippen molar-refractivity contribution in [3.8, 4) is 0 Å². The summed E-state index contributed by atoms with van der Waals surface area (Å²) < 4.78 is 11.7. The molecule has 1 saturated carbocycles. The molecule has 3 unspecified atom stereocenters. The molecular weight excluding hydrogens is 200 g/mol. The van der Waals surface area contributed by atoms with Crippen molar-refractivity contribution in [3.63, 3.8) is 0 Å². The molecule has 76 valence electrons. The van der Waals surface area contributed by atoms with Gasteiger partial charge in [0.2, 0.25) is 0 Å². The second-order valence-corrected chi connectivity index (χ2v) is 6.40. The summed E-state index contributed by atoms with van der Waals surface area (Å²) in [7, 11) is -0.719. The van der Waals surface area contributed by atoms with Crippen molar-refractivity contribution in [1.82, 2.24) is 0 Å². The second kappa shape index (κ2) is 5.20. The van der Waals surface area contributed by atoms with E-state index in [2.05, 4.69) is 6.58 Å². The average Bonchev–Trinajstić information content (AvgIpc) is 2.09. The summed E-state index contributed by atoms with van der Waals surface area (Å²) in [5, 5.41) is 0. The van der Waals surface area contributed by atoms with Crippen molar-refractivity contribution < 1.29 is 4.21 Å². The molecule has 0 aromatic heterocycles. The van der Waals surface area contributed by atoms with Crippen LogP contribution in [0.5, 0.6) is 0 Å². The van der Waals surface area contributed by atoms with Gasteiger partial charge in [0.25, 0.3) is 0 Å². The molecule has 0 bridgehead atoms. The molecule has 1 aliphatic rings. The smallest absolute Gasteiger partial charge is 0.0860 e. The van der Waals surface area contributed by atoms with Crippen LogP contribution in [-0.2, 0) is 10.8 Å². The quantitative estimate of drug-likeness (QED) is 0.678.